The highest BCUT2D eigenvalue weighted by Crippen LogP contribution is 2.22. The van der Waals surface area contributed by atoms with E-state index >= 15 is 0 Å². The molecule has 0 amide bonds. The lowest BCUT2D eigenvalue weighted by Crippen LogP contribution is -2.61. The fourth-order valence-electron chi connectivity index (χ4n) is 3.02. The van der Waals surface area contributed by atoms with Crippen LogP contribution in [0.4, 0.5) is 0 Å². The summed E-state index contributed by atoms with van der Waals surface area (Å²) in [7, 11) is 0. The lowest BCUT2D eigenvalue weighted by molar-refractivity contribution is 0.118. The predicted octanol–water partition coefficient (Wildman–Crippen LogP) is 0.952. The van der Waals surface area contributed by atoms with Crippen LogP contribution in [0.2, 0.25) is 0 Å². The average Bonchev–Trinajstić information content (AvgIpc) is 2.49. The molecule has 1 heterocycles. The maximum atomic E-state index is 8.92. The van der Waals surface area contributed by atoms with E-state index < -0.39 is 0 Å². The first-order chi connectivity index (χ1) is 9.78. The van der Waals surface area contributed by atoms with Gasteiger partial charge in [-0.1, -0.05) is 30.3 Å². The smallest absolute Gasteiger partial charge is 0.0443 e. The van der Waals surface area contributed by atoms with Gasteiger partial charge >= 0.3 is 0 Å². The van der Waals surface area contributed by atoms with Crippen molar-refractivity contribution in [2.45, 2.75) is 31.3 Å². The summed E-state index contributed by atoms with van der Waals surface area (Å²) in [4.78, 5) is 2.48. The molecule has 2 rings (SSSR count). The van der Waals surface area contributed by atoms with E-state index in [0.29, 0.717) is 6.54 Å². The zero-order chi connectivity index (χ0) is 14.3. The van der Waals surface area contributed by atoms with Gasteiger partial charge in [-0.05, 0) is 37.9 Å². The molecule has 4 heteroatoms. The number of nitrogens with two attached hydrogens (primary N) is 1. The Bertz CT molecular complexity index is 385. The van der Waals surface area contributed by atoms with Gasteiger partial charge in [0.1, 0.15) is 0 Å². The first-order valence-electron chi connectivity index (χ1n) is 7.60. The van der Waals surface area contributed by atoms with E-state index in [-0.39, 0.29) is 12.1 Å². The molecule has 4 N–H and O–H groups in total. The number of nitrogens with zero attached hydrogens (tertiary/aromatic N) is 1. The van der Waals surface area contributed by atoms with Gasteiger partial charge in [-0.3, -0.25) is 4.90 Å². The number of hydrogen-bond donors (Lipinski definition) is 3. The van der Waals surface area contributed by atoms with E-state index in [0.717, 1.165) is 39.0 Å². The summed E-state index contributed by atoms with van der Waals surface area (Å²) in [5.74, 6) is 0. The zero-order valence-corrected chi connectivity index (χ0v) is 12.2. The Labute approximate surface area is 122 Å². The van der Waals surface area contributed by atoms with Gasteiger partial charge in [-0.15, -0.1) is 0 Å². The average molecular weight is 277 g/mol. The van der Waals surface area contributed by atoms with Crippen molar-refractivity contribution in [1.29, 1.82) is 0 Å². The molecule has 1 aliphatic rings. The number of nitrogens with one attached hydrogen (secondary N) is 1. The Hall–Kier alpha value is -0.940. The molecule has 1 atom stereocenters. The molecule has 112 valence electrons. The Morgan fingerprint density at radius 1 is 1.30 bits per heavy atom. The Morgan fingerprint density at radius 2 is 2.10 bits per heavy atom. The quantitative estimate of drug-likeness (QED) is 0.650. The zero-order valence-electron chi connectivity index (χ0n) is 12.2. The standard InChI is InChI=1S/C16H27N3O/c17-13-16(18-9-5-11-20)8-4-10-19(14-16)12-15-6-2-1-3-7-15/h1-3,6-7,18,20H,4-5,8-14,17H2. The second-order valence-electron chi connectivity index (χ2n) is 5.79. The number of rotatable bonds is 7. The van der Waals surface area contributed by atoms with Gasteiger partial charge in [-0.25, -0.2) is 0 Å². The van der Waals surface area contributed by atoms with E-state index in [4.69, 9.17) is 10.8 Å². The van der Waals surface area contributed by atoms with Crippen LogP contribution in [0.3, 0.4) is 0 Å². The van der Waals surface area contributed by atoms with Crippen LogP contribution in [0.15, 0.2) is 30.3 Å². The molecule has 0 aliphatic carbocycles. The van der Waals surface area contributed by atoms with E-state index in [9.17, 15) is 0 Å². The van der Waals surface area contributed by atoms with Gasteiger partial charge in [0.05, 0.1) is 0 Å². The Balaban J connectivity index is 1.92. The van der Waals surface area contributed by atoms with E-state index in [1.807, 2.05) is 0 Å². The minimum Gasteiger partial charge on any atom is -0.396 e. The van der Waals surface area contributed by atoms with Gasteiger partial charge in [0.15, 0.2) is 0 Å². The summed E-state index contributed by atoms with van der Waals surface area (Å²) in [5.41, 5.74) is 7.40. The van der Waals surface area contributed by atoms with E-state index in [1.54, 1.807) is 0 Å². The molecular formula is C16H27N3O. The van der Waals surface area contributed by atoms with Crippen molar-refractivity contribution in [1.82, 2.24) is 10.2 Å². The van der Waals surface area contributed by atoms with Crippen molar-refractivity contribution in [3.63, 3.8) is 0 Å². The molecule has 1 aromatic carbocycles. The van der Waals surface area contributed by atoms with Crippen LogP contribution in [0, 0.1) is 0 Å². The summed E-state index contributed by atoms with van der Waals surface area (Å²) in [6.45, 7) is 4.85. The third kappa shape index (κ3) is 4.28. The molecule has 0 saturated carbocycles. The number of hydrogen-bond acceptors (Lipinski definition) is 4. The Morgan fingerprint density at radius 3 is 2.80 bits per heavy atom. The Kier molecular flexibility index (Phi) is 5.98. The van der Waals surface area contributed by atoms with Crippen molar-refractivity contribution in [2.24, 2.45) is 5.73 Å². The topological polar surface area (TPSA) is 61.5 Å². The number of aliphatic hydroxyl groups excluding tert-OH is 1. The SMILES string of the molecule is NCC1(NCCCO)CCCN(Cc2ccccc2)C1. The highest BCUT2D eigenvalue weighted by molar-refractivity contribution is 5.14. The number of aliphatic hydroxyl groups is 1. The molecular weight excluding hydrogens is 250 g/mol. The molecule has 0 spiro atoms. The van der Waals surface area contributed by atoms with Crippen molar-refractivity contribution in [3.05, 3.63) is 35.9 Å². The summed E-state index contributed by atoms with van der Waals surface area (Å²) in [6.07, 6.45) is 3.09. The van der Waals surface area contributed by atoms with Crippen LogP contribution in [-0.2, 0) is 6.54 Å². The number of likely N-dealkylation sites (tertiary alicyclic amines) is 1. The highest BCUT2D eigenvalue weighted by Gasteiger charge is 2.33. The van der Waals surface area contributed by atoms with Crippen LogP contribution in [0.1, 0.15) is 24.8 Å². The van der Waals surface area contributed by atoms with Gasteiger partial charge in [-0.2, -0.15) is 0 Å². The van der Waals surface area contributed by atoms with Gasteiger partial charge in [0.25, 0.3) is 0 Å². The van der Waals surface area contributed by atoms with Gasteiger partial charge in [0.2, 0.25) is 0 Å². The molecule has 0 bridgehead atoms. The molecule has 1 unspecified atom stereocenters. The minimum atomic E-state index is 0.0161. The minimum absolute atomic E-state index is 0.0161. The molecule has 1 fully saturated rings. The van der Waals surface area contributed by atoms with Crippen molar-refractivity contribution >= 4 is 0 Å². The maximum absolute atomic E-state index is 8.92. The predicted molar refractivity (Wildman–Crippen MR) is 82.4 cm³/mol. The first-order valence-corrected chi connectivity index (χ1v) is 7.60. The largest absolute Gasteiger partial charge is 0.396 e. The summed E-state index contributed by atoms with van der Waals surface area (Å²) >= 11 is 0. The first kappa shape index (κ1) is 15.4. The number of benzene rings is 1. The lowest BCUT2D eigenvalue weighted by Gasteiger charge is -2.43. The van der Waals surface area contributed by atoms with Crippen LogP contribution in [0.25, 0.3) is 0 Å². The van der Waals surface area contributed by atoms with E-state index in [2.05, 4.69) is 40.5 Å². The fraction of sp³-hybridized carbons (Fsp3) is 0.625. The molecule has 1 aromatic rings. The normalized spacial score (nSPS) is 23.9. The third-order valence-corrected chi connectivity index (χ3v) is 4.13. The lowest BCUT2D eigenvalue weighted by atomic mass is 9.88. The van der Waals surface area contributed by atoms with Crippen LogP contribution < -0.4 is 11.1 Å². The second kappa shape index (κ2) is 7.74. The fourth-order valence-corrected chi connectivity index (χ4v) is 3.02. The summed E-state index contributed by atoms with van der Waals surface area (Å²) in [5, 5.41) is 12.5. The summed E-state index contributed by atoms with van der Waals surface area (Å²) in [6, 6.07) is 10.6. The maximum Gasteiger partial charge on any atom is 0.0443 e. The third-order valence-electron chi connectivity index (χ3n) is 4.13. The second-order valence-corrected chi connectivity index (χ2v) is 5.79. The molecule has 20 heavy (non-hydrogen) atoms. The van der Waals surface area contributed by atoms with Crippen molar-refractivity contribution in [3.8, 4) is 0 Å². The molecule has 1 aliphatic heterocycles. The van der Waals surface area contributed by atoms with Crippen LogP contribution in [0.5, 0.6) is 0 Å². The highest BCUT2D eigenvalue weighted by atomic mass is 16.3. The molecule has 4 nitrogen and oxygen atoms in total. The molecule has 0 aromatic heterocycles. The van der Waals surface area contributed by atoms with Gasteiger partial charge in [0, 0.05) is 31.8 Å². The molecule has 0 radical (unpaired) electrons. The number of piperidine rings is 1. The van der Waals surface area contributed by atoms with Crippen LogP contribution in [-0.4, -0.2) is 48.3 Å². The van der Waals surface area contributed by atoms with Crippen LogP contribution >= 0.6 is 0 Å². The molecule has 1 saturated heterocycles. The van der Waals surface area contributed by atoms with E-state index in [1.165, 1.54) is 12.0 Å². The summed E-state index contributed by atoms with van der Waals surface area (Å²) < 4.78 is 0. The van der Waals surface area contributed by atoms with Crippen molar-refractivity contribution < 1.29 is 5.11 Å². The van der Waals surface area contributed by atoms with Gasteiger partial charge < -0.3 is 16.2 Å². The monoisotopic (exact) mass is 277 g/mol. The van der Waals surface area contributed by atoms with Crippen molar-refractivity contribution in [2.75, 3.05) is 32.8 Å².